The Bertz CT molecular complexity index is 340. The summed E-state index contributed by atoms with van der Waals surface area (Å²) in [5, 5.41) is 0. The van der Waals surface area contributed by atoms with Gasteiger partial charge in [-0.15, -0.1) is 12.4 Å². The van der Waals surface area contributed by atoms with Crippen LogP contribution in [0.5, 0.6) is 0 Å². The van der Waals surface area contributed by atoms with Gasteiger partial charge in [0.1, 0.15) is 0 Å². The van der Waals surface area contributed by atoms with Gasteiger partial charge in [0, 0.05) is 12.6 Å². The molecule has 0 aromatic carbocycles. The van der Waals surface area contributed by atoms with Crippen LogP contribution in [0.25, 0.3) is 0 Å². The van der Waals surface area contributed by atoms with Crippen molar-refractivity contribution in [3.63, 3.8) is 0 Å². The Balaban J connectivity index is 0.00000121. The SMILES string of the molecule is CC1CC=CCN1CCC12CC3CC(CC(C3)C1)C2.Cl. The van der Waals surface area contributed by atoms with Crippen molar-refractivity contribution < 1.29 is 0 Å². The molecule has 2 heteroatoms. The zero-order valence-electron chi connectivity index (χ0n) is 12.9. The van der Waals surface area contributed by atoms with E-state index in [2.05, 4.69) is 24.0 Å². The van der Waals surface area contributed by atoms with Crippen molar-refractivity contribution in [3.05, 3.63) is 12.2 Å². The van der Waals surface area contributed by atoms with E-state index >= 15 is 0 Å². The van der Waals surface area contributed by atoms with E-state index in [0.29, 0.717) is 0 Å². The molecule has 0 aromatic heterocycles. The Hall–Kier alpha value is -0.0100. The quantitative estimate of drug-likeness (QED) is 0.684. The molecule has 114 valence electrons. The fourth-order valence-electron chi connectivity index (χ4n) is 6.12. The van der Waals surface area contributed by atoms with Crippen molar-refractivity contribution in [2.75, 3.05) is 13.1 Å². The molecule has 0 saturated heterocycles. The molecule has 0 radical (unpaired) electrons. The first-order chi connectivity index (χ1) is 9.22. The fourth-order valence-corrected chi connectivity index (χ4v) is 6.12. The summed E-state index contributed by atoms with van der Waals surface area (Å²) in [6.07, 6.45) is 17.0. The molecule has 4 aliphatic carbocycles. The zero-order valence-corrected chi connectivity index (χ0v) is 13.7. The summed E-state index contributed by atoms with van der Waals surface area (Å²) >= 11 is 0. The lowest BCUT2D eigenvalue weighted by Crippen LogP contribution is -2.48. The lowest BCUT2D eigenvalue weighted by atomic mass is 9.49. The molecule has 5 rings (SSSR count). The smallest absolute Gasteiger partial charge is 0.0166 e. The van der Waals surface area contributed by atoms with Gasteiger partial charge >= 0.3 is 0 Å². The Labute approximate surface area is 130 Å². The third-order valence-electron chi connectivity index (χ3n) is 6.70. The Morgan fingerprint density at radius 2 is 1.60 bits per heavy atom. The van der Waals surface area contributed by atoms with E-state index < -0.39 is 0 Å². The van der Waals surface area contributed by atoms with Crippen LogP contribution in [0.4, 0.5) is 0 Å². The molecule has 0 aromatic rings. The number of halogens is 1. The average molecular weight is 296 g/mol. The molecule has 1 atom stereocenters. The predicted octanol–water partition coefficient (Wildman–Crippen LogP) is 4.67. The van der Waals surface area contributed by atoms with Gasteiger partial charge in [-0.1, -0.05) is 12.2 Å². The highest BCUT2D eigenvalue weighted by Crippen LogP contribution is 2.61. The third-order valence-corrected chi connectivity index (χ3v) is 6.70. The van der Waals surface area contributed by atoms with E-state index in [-0.39, 0.29) is 12.4 Å². The summed E-state index contributed by atoms with van der Waals surface area (Å²) in [5.41, 5.74) is 0.773. The summed E-state index contributed by atoms with van der Waals surface area (Å²) in [5.74, 6) is 3.35. The van der Waals surface area contributed by atoms with Gasteiger partial charge in [0.05, 0.1) is 0 Å². The van der Waals surface area contributed by atoms with Gasteiger partial charge in [-0.2, -0.15) is 0 Å². The molecule has 0 N–H and O–H groups in total. The standard InChI is InChI=1S/C18H29N.ClH/c1-14-4-2-3-6-19(14)7-5-18-11-15-8-16(12-18)10-17(9-15)13-18;/h2-3,14-17H,4-13H2,1H3;1H. The van der Waals surface area contributed by atoms with Gasteiger partial charge < -0.3 is 0 Å². The Kier molecular flexibility index (Phi) is 4.21. The van der Waals surface area contributed by atoms with E-state index in [1.807, 2.05) is 0 Å². The first-order valence-corrected chi connectivity index (χ1v) is 8.61. The van der Waals surface area contributed by atoms with Crippen LogP contribution in [0.1, 0.15) is 58.3 Å². The van der Waals surface area contributed by atoms with Crippen molar-refractivity contribution in [3.8, 4) is 0 Å². The van der Waals surface area contributed by atoms with Crippen LogP contribution in [0.2, 0.25) is 0 Å². The summed E-state index contributed by atoms with van der Waals surface area (Å²) in [6.45, 7) is 4.97. The second kappa shape index (κ2) is 5.65. The normalized spacial score (nSPS) is 46.5. The molecule has 1 heterocycles. The molecule has 5 aliphatic rings. The van der Waals surface area contributed by atoms with Crippen LogP contribution in [0, 0.1) is 23.2 Å². The number of hydrogen-bond acceptors (Lipinski definition) is 1. The molecular formula is C18H30ClN. The molecule has 20 heavy (non-hydrogen) atoms. The number of rotatable bonds is 3. The van der Waals surface area contributed by atoms with Gasteiger partial charge in [0.25, 0.3) is 0 Å². The fraction of sp³-hybridized carbons (Fsp3) is 0.889. The van der Waals surface area contributed by atoms with Gasteiger partial charge in [0.2, 0.25) is 0 Å². The van der Waals surface area contributed by atoms with Gasteiger partial charge in [-0.25, -0.2) is 0 Å². The summed E-state index contributed by atoms with van der Waals surface area (Å²) in [7, 11) is 0. The summed E-state index contributed by atoms with van der Waals surface area (Å²) in [6, 6.07) is 0.777. The highest BCUT2D eigenvalue weighted by molar-refractivity contribution is 5.85. The van der Waals surface area contributed by atoms with Crippen LogP contribution < -0.4 is 0 Å². The van der Waals surface area contributed by atoms with Crippen molar-refractivity contribution in [1.29, 1.82) is 0 Å². The minimum atomic E-state index is 0. The van der Waals surface area contributed by atoms with Crippen LogP contribution >= 0.6 is 12.4 Å². The van der Waals surface area contributed by atoms with Crippen molar-refractivity contribution in [1.82, 2.24) is 4.90 Å². The third kappa shape index (κ3) is 2.68. The van der Waals surface area contributed by atoms with Gasteiger partial charge in [0.15, 0.2) is 0 Å². The minimum absolute atomic E-state index is 0. The van der Waals surface area contributed by atoms with Crippen LogP contribution in [-0.4, -0.2) is 24.0 Å². The van der Waals surface area contributed by atoms with Crippen LogP contribution in [-0.2, 0) is 0 Å². The Morgan fingerprint density at radius 3 is 2.15 bits per heavy atom. The molecule has 4 saturated carbocycles. The molecule has 4 bridgehead atoms. The van der Waals surface area contributed by atoms with E-state index in [0.717, 1.165) is 29.2 Å². The first-order valence-electron chi connectivity index (χ1n) is 8.61. The van der Waals surface area contributed by atoms with Crippen molar-refractivity contribution in [2.24, 2.45) is 23.2 Å². The molecule has 1 nitrogen and oxygen atoms in total. The molecule has 1 aliphatic heterocycles. The van der Waals surface area contributed by atoms with Crippen LogP contribution in [0.3, 0.4) is 0 Å². The second-order valence-corrected chi connectivity index (χ2v) is 8.22. The monoisotopic (exact) mass is 295 g/mol. The molecular weight excluding hydrogens is 266 g/mol. The highest BCUT2D eigenvalue weighted by atomic mass is 35.5. The molecule has 1 unspecified atom stereocenters. The maximum atomic E-state index is 2.72. The molecule has 0 spiro atoms. The number of hydrogen-bond donors (Lipinski definition) is 0. The largest absolute Gasteiger partial charge is 0.297 e. The Morgan fingerprint density at radius 1 is 1.00 bits per heavy atom. The lowest BCUT2D eigenvalue weighted by molar-refractivity contribution is -0.0618. The van der Waals surface area contributed by atoms with E-state index in [9.17, 15) is 0 Å². The molecule has 0 amide bonds. The van der Waals surface area contributed by atoms with Crippen molar-refractivity contribution >= 4 is 12.4 Å². The average Bonchev–Trinajstić information content (AvgIpc) is 2.36. The number of nitrogens with zero attached hydrogens (tertiary/aromatic N) is 1. The van der Waals surface area contributed by atoms with E-state index in [1.54, 1.807) is 38.5 Å². The van der Waals surface area contributed by atoms with Gasteiger partial charge in [-0.05, 0) is 88.0 Å². The maximum absolute atomic E-state index is 2.72. The topological polar surface area (TPSA) is 3.24 Å². The highest BCUT2D eigenvalue weighted by Gasteiger charge is 2.50. The van der Waals surface area contributed by atoms with E-state index in [4.69, 9.17) is 0 Å². The minimum Gasteiger partial charge on any atom is -0.297 e. The van der Waals surface area contributed by atoms with Crippen molar-refractivity contribution in [2.45, 2.75) is 64.3 Å². The summed E-state index contributed by atoms with van der Waals surface area (Å²) in [4.78, 5) is 2.72. The summed E-state index contributed by atoms with van der Waals surface area (Å²) < 4.78 is 0. The predicted molar refractivity (Wildman–Crippen MR) is 87.3 cm³/mol. The van der Waals surface area contributed by atoms with Gasteiger partial charge in [-0.3, -0.25) is 4.90 Å². The zero-order chi connectivity index (χ0) is 12.9. The maximum Gasteiger partial charge on any atom is 0.0166 e. The molecule has 4 fully saturated rings. The van der Waals surface area contributed by atoms with Crippen LogP contribution in [0.15, 0.2) is 12.2 Å². The lowest BCUT2D eigenvalue weighted by Gasteiger charge is -2.57. The van der Waals surface area contributed by atoms with E-state index in [1.165, 1.54) is 25.9 Å². The first kappa shape index (κ1) is 14.9. The second-order valence-electron chi connectivity index (χ2n) is 8.22.